The van der Waals surface area contributed by atoms with Crippen LogP contribution in [0.25, 0.3) is 11.0 Å². The summed E-state index contributed by atoms with van der Waals surface area (Å²) in [5.41, 5.74) is 2.32. The zero-order chi connectivity index (χ0) is 17.9. The average molecular weight is 370 g/mol. The van der Waals surface area contributed by atoms with Crippen LogP contribution in [-0.4, -0.2) is 52.7 Å². The fraction of sp³-hybridized carbons (Fsp3) is 0.368. The van der Waals surface area contributed by atoms with Crippen molar-refractivity contribution in [1.82, 2.24) is 14.0 Å². The van der Waals surface area contributed by atoms with Crippen molar-refractivity contribution in [2.45, 2.75) is 13.1 Å². The van der Waals surface area contributed by atoms with E-state index in [0.717, 1.165) is 55.3 Å². The van der Waals surface area contributed by atoms with Gasteiger partial charge in [0.25, 0.3) is 0 Å². The van der Waals surface area contributed by atoms with Gasteiger partial charge in [0.15, 0.2) is 5.78 Å². The third kappa shape index (κ3) is 3.38. The normalized spacial score (nSPS) is 15.5. The van der Waals surface area contributed by atoms with E-state index in [1.807, 2.05) is 50.9 Å². The second-order valence-corrected chi connectivity index (χ2v) is 7.35. The molecule has 136 valence electrons. The number of ketones is 1. The van der Waals surface area contributed by atoms with Gasteiger partial charge >= 0.3 is 0 Å². The van der Waals surface area contributed by atoms with Crippen molar-refractivity contribution < 1.29 is 9.53 Å². The molecule has 1 aromatic carbocycles. The Balaban J connectivity index is 1.62. The lowest BCUT2D eigenvalue weighted by Gasteiger charge is -2.26. The van der Waals surface area contributed by atoms with Crippen molar-refractivity contribution in [2.75, 3.05) is 32.8 Å². The number of hydrogen-bond acceptors (Lipinski definition) is 5. The van der Waals surface area contributed by atoms with Gasteiger partial charge in [0.05, 0.1) is 35.7 Å². The Kier molecular flexibility index (Phi) is 5.01. The van der Waals surface area contributed by atoms with Gasteiger partial charge < -0.3 is 13.9 Å². The summed E-state index contributed by atoms with van der Waals surface area (Å²) in [5, 5.41) is 10.6. The number of para-hydroxylation sites is 2. The molecule has 1 aliphatic heterocycles. The first-order valence-corrected chi connectivity index (χ1v) is 9.71. The number of aromatic nitrogens is 2. The van der Waals surface area contributed by atoms with Gasteiger partial charge in [-0.05, 0) is 23.6 Å². The largest absolute Gasteiger partial charge is 0.379 e. The number of hydrogen-bond donors (Lipinski definition) is 1. The highest BCUT2D eigenvalue weighted by molar-refractivity contribution is 7.12. The Morgan fingerprint density at radius 3 is 2.46 bits per heavy atom. The number of carbonyl (C=O) groups is 1. The molecule has 0 atom stereocenters. The topological polar surface area (TPSA) is 63.2 Å². The molecule has 7 heteroatoms. The summed E-state index contributed by atoms with van der Waals surface area (Å²) in [6.07, 6.45) is 0. The molecule has 1 fully saturated rings. The van der Waals surface area contributed by atoms with Crippen molar-refractivity contribution in [3.05, 3.63) is 52.3 Å². The molecule has 3 heterocycles. The van der Waals surface area contributed by atoms with Crippen LogP contribution in [0.4, 0.5) is 0 Å². The fourth-order valence-corrected chi connectivity index (χ4v) is 4.06. The molecule has 1 N–H and O–H groups in total. The van der Waals surface area contributed by atoms with Crippen LogP contribution in [0.5, 0.6) is 0 Å². The van der Waals surface area contributed by atoms with E-state index < -0.39 is 0 Å². The van der Waals surface area contributed by atoms with Crippen LogP contribution in [0.3, 0.4) is 0 Å². The van der Waals surface area contributed by atoms with Gasteiger partial charge in [0, 0.05) is 26.2 Å². The maximum Gasteiger partial charge on any atom is 0.203 e. The average Bonchev–Trinajstić information content (AvgIpc) is 3.29. The number of nitrogens with one attached hydrogen (secondary N) is 1. The molecule has 0 aliphatic carbocycles. The Labute approximate surface area is 155 Å². The molecule has 0 saturated carbocycles. The smallest absolute Gasteiger partial charge is 0.203 e. The van der Waals surface area contributed by atoms with Crippen LogP contribution in [-0.2, 0) is 17.8 Å². The van der Waals surface area contributed by atoms with Gasteiger partial charge in [-0.15, -0.1) is 11.3 Å². The number of ether oxygens (including phenoxy) is 1. The number of morpholine rings is 1. The third-order valence-corrected chi connectivity index (χ3v) is 5.73. The van der Waals surface area contributed by atoms with E-state index >= 15 is 0 Å². The summed E-state index contributed by atoms with van der Waals surface area (Å²) in [4.78, 5) is 15.7. The standard InChI is InChI=1S/C19H22N4O2S/c20-19-22(8-7-21-9-11-25-12-10-21)15-4-1-2-5-16(15)23(19)14-17(24)18-6-3-13-26-18/h1-6,13,20H,7-12,14H2. The zero-order valence-electron chi connectivity index (χ0n) is 14.6. The molecule has 4 rings (SSSR count). The first-order chi connectivity index (χ1) is 12.7. The highest BCUT2D eigenvalue weighted by atomic mass is 32.1. The summed E-state index contributed by atoms with van der Waals surface area (Å²) in [6.45, 7) is 5.23. The monoisotopic (exact) mass is 370 g/mol. The van der Waals surface area contributed by atoms with Crippen LogP contribution in [0, 0.1) is 5.41 Å². The fourth-order valence-electron chi connectivity index (χ4n) is 3.41. The van der Waals surface area contributed by atoms with E-state index in [4.69, 9.17) is 10.1 Å². The minimum Gasteiger partial charge on any atom is -0.379 e. The Morgan fingerprint density at radius 2 is 1.77 bits per heavy atom. The van der Waals surface area contributed by atoms with E-state index in [-0.39, 0.29) is 12.3 Å². The van der Waals surface area contributed by atoms with E-state index in [2.05, 4.69) is 4.90 Å². The second-order valence-electron chi connectivity index (χ2n) is 6.40. The van der Waals surface area contributed by atoms with E-state index in [0.29, 0.717) is 5.62 Å². The highest BCUT2D eigenvalue weighted by Gasteiger charge is 2.16. The SMILES string of the molecule is N=c1n(CCN2CCOCC2)c2ccccc2n1CC(=O)c1cccs1. The predicted molar refractivity (Wildman–Crippen MR) is 102 cm³/mol. The summed E-state index contributed by atoms with van der Waals surface area (Å²) in [5.74, 6) is 0.0505. The van der Waals surface area contributed by atoms with Crippen LogP contribution >= 0.6 is 11.3 Å². The van der Waals surface area contributed by atoms with Crippen LogP contribution < -0.4 is 5.62 Å². The molecule has 0 bridgehead atoms. The quantitative estimate of drug-likeness (QED) is 0.677. The van der Waals surface area contributed by atoms with Crippen molar-refractivity contribution in [3.63, 3.8) is 0 Å². The lowest BCUT2D eigenvalue weighted by Crippen LogP contribution is -2.39. The predicted octanol–water partition coefficient (Wildman–Crippen LogP) is 2.20. The Morgan fingerprint density at radius 1 is 1.04 bits per heavy atom. The molecule has 2 aromatic heterocycles. The maximum atomic E-state index is 12.6. The summed E-state index contributed by atoms with van der Waals surface area (Å²) < 4.78 is 9.23. The minimum absolute atomic E-state index is 0.0505. The molecule has 1 aliphatic rings. The van der Waals surface area contributed by atoms with Crippen molar-refractivity contribution in [3.8, 4) is 0 Å². The molecule has 0 amide bonds. The lowest BCUT2D eigenvalue weighted by atomic mass is 10.3. The number of fused-ring (bicyclic) bond motifs is 1. The number of Topliss-reactive ketones (excluding diaryl/α,β-unsaturated/α-hetero) is 1. The van der Waals surface area contributed by atoms with Gasteiger partial charge in [-0.1, -0.05) is 18.2 Å². The number of benzene rings is 1. The van der Waals surface area contributed by atoms with E-state index in [9.17, 15) is 4.79 Å². The lowest BCUT2D eigenvalue weighted by molar-refractivity contribution is 0.0363. The molecule has 0 unspecified atom stereocenters. The summed E-state index contributed by atoms with van der Waals surface area (Å²) in [7, 11) is 0. The van der Waals surface area contributed by atoms with Gasteiger partial charge in [0.1, 0.15) is 0 Å². The highest BCUT2D eigenvalue weighted by Crippen LogP contribution is 2.15. The maximum absolute atomic E-state index is 12.6. The van der Waals surface area contributed by atoms with Gasteiger partial charge in [-0.3, -0.25) is 15.1 Å². The number of thiophene rings is 1. The Bertz CT molecular complexity index is 952. The molecular formula is C19H22N4O2S. The molecule has 0 spiro atoms. The summed E-state index contributed by atoms with van der Waals surface area (Å²) >= 11 is 1.45. The zero-order valence-corrected chi connectivity index (χ0v) is 15.4. The number of carbonyl (C=O) groups excluding carboxylic acids is 1. The van der Waals surface area contributed by atoms with Gasteiger partial charge in [0.2, 0.25) is 5.62 Å². The van der Waals surface area contributed by atoms with Gasteiger partial charge in [-0.25, -0.2) is 0 Å². The van der Waals surface area contributed by atoms with Crippen molar-refractivity contribution in [2.24, 2.45) is 0 Å². The first kappa shape index (κ1) is 17.2. The van der Waals surface area contributed by atoms with Gasteiger partial charge in [-0.2, -0.15) is 0 Å². The molecule has 6 nitrogen and oxygen atoms in total. The van der Waals surface area contributed by atoms with Crippen LogP contribution in [0.2, 0.25) is 0 Å². The van der Waals surface area contributed by atoms with Crippen LogP contribution in [0.15, 0.2) is 41.8 Å². The van der Waals surface area contributed by atoms with Crippen molar-refractivity contribution >= 4 is 28.2 Å². The van der Waals surface area contributed by atoms with E-state index in [1.54, 1.807) is 0 Å². The summed E-state index contributed by atoms with van der Waals surface area (Å²) in [6, 6.07) is 11.7. The van der Waals surface area contributed by atoms with Crippen LogP contribution in [0.1, 0.15) is 9.67 Å². The van der Waals surface area contributed by atoms with Crippen molar-refractivity contribution in [1.29, 1.82) is 5.41 Å². The number of imidazole rings is 1. The third-order valence-electron chi connectivity index (χ3n) is 4.82. The molecule has 3 aromatic rings. The second kappa shape index (κ2) is 7.57. The Hall–Kier alpha value is -2.22. The number of nitrogens with zero attached hydrogens (tertiary/aromatic N) is 3. The number of rotatable bonds is 6. The molecular weight excluding hydrogens is 348 g/mol. The molecule has 1 saturated heterocycles. The molecule has 0 radical (unpaired) electrons. The molecule has 26 heavy (non-hydrogen) atoms. The minimum atomic E-state index is 0.0505. The van der Waals surface area contributed by atoms with E-state index in [1.165, 1.54) is 11.3 Å². The first-order valence-electron chi connectivity index (χ1n) is 8.83.